The number of rotatable bonds is 3. The van der Waals surface area contributed by atoms with Crippen LogP contribution in [0, 0.1) is 0 Å². The largest absolute Gasteiger partial charge is 0.357 e. The van der Waals surface area contributed by atoms with Crippen molar-refractivity contribution in [3.63, 3.8) is 0 Å². The first-order valence-electron chi connectivity index (χ1n) is 7.17. The third-order valence-electron chi connectivity index (χ3n) is 4.26. The Morgan fingerprint density at radius 1 is 1.32 bits per heavy atom. The highest BCUT2D eigenvalue weighted by Gasteiger charge is 2.38. The van der Waals surface area contributed by atoms with Crippen molar-refractivity contribution in [1.29, 1.82) is 0 Å². The standard InChI is InChI=1S/C15H19N3S/c1-10-8-11(9-18(10)12-6-7-12)16-15-17-13-4-2-3-5-14(13)19-15/h2-5,10-12H,6-9H2,1H3,(H,16,17). The predicted octanol–water partition coefficient (Wildman–Crippen LogP) is 3.33. The summed E-state index contributed by atoms with van der Waals surface area (Å²) in [6.45, 7) is 3.54. The molecule has 2 aliphatic rings. The number of hydrogen-bond acceptors (Lipinski definition) is 4. The Labute approximate surface area is 117 Å². The van der Waals surface area contributed by atoms with Gasteiger partial charge in [0.2, 0.25) is 0 Å². The molecule has 0 bridgehead atoms. The van der Waals surface area contributed by atoms with Crippen molar-refractivity contribution in [3.05, 3.63) is 24.3 Å². The molecule has 1 aliphatic carbocycles. The van der Waals surface area contributed by atoms with Crippen molar-refractivity contribution in [3.8, 4) is 0 Å². The average Bonchev–Trinajstić information content (AvgIpc) is 3.06. The molecule has 100 valence electrons. The molecule has 4 heteroatoms. The van der Waals surface area contributed by atoms with Gasteiger partial charge in [0.1, 0.15) is 0 Å². The number of hydrogen-bond donors (Lipinski definition) is 1. The number of nitrogens with zero attached hydrogens (tertiary/aromatic N) is 2. The molecule has 1 saturated heterocycles. The molecule has 1 saturated carbocycles. The summed E-state index contributed by atoms with van der Waals surface area (Å²) in [7, 11) is 0. The van der Waals surface area contributed by atoms with Gasteiger partial charge in [0.15, 0.2) is 5.13 Å². The summed E-state index contributed by atoms with van der Waals surface area (Å²) in [6, 6.07) is 10.5. The number of likely N-dealkylation sites (tertiary alicyclic amines) is 1. The van der Waals surface area contributed by atoms with Crippen molar-refractivity contribution >= 4 is 26.7 Å². The lowest BCUT2D eigenvalue weighted by atomic mass is 10.2. The summed E-state index contributed by atoms with van der Waals surface area (Å²) in [4.78, 5) is 7.35. The number of anilines is 1. The van der Waals surface area contributed by atoms with Gasteiger partial charge in [0, 0.05) is 24.7 Å². The van der Waals surface area contributed by atoms with Gasteiger partial charge < -0.3 is 5.32 Å². The topological polar surface area (TPSA) is 28.2 Å². The number of thiazole rings is 1. The normalized spacial score (nSPS) is 28.1. The molecule has 1 aromatic heterocycles. The number of nitrogens with one attached hydrogen (secondary N) is 1. The quantitative estimate of drug-likeness (QED) is 0.929. The SMILES string of the molecule is CC1CC(Nc2nc3ccccc3s2)CN1C1CC1. The summed E-state index contributed by atoms with van der Waals surface area (Å²) in [5.74, 6) is 0. The van der Waals surface area contributed by atoms with E-state index in [9.17, 15) is 0 Å². The highest BCUT2D eigenvalue weighted by Crippen LogP contribution is 2.35. The van der Waals surface area contributed by atoms with Gasteiger partial charge in [0.05, 0.1) is 10.2 Å². The van der Waals surface area contributed by atoms with Crippen LogP contribution in [0.25, 0.3) is 10.2 Å². The summed E-state index contributed by atoms with van der Waals surface area (Å²) < 4.78 is 1.27. The maximum absolute atomic E-state index is 4.68. The maximum atomic E-state index is 4.68. The summed E-state index contributed by atoms with van der Waals surface area (Å²) in [6.07, 6.45) is 4.04. The van der Waals surface area contributed by atoms with Gasteiger partial charge in [-0.05, 0) is 38.3 Å². The molecule has 2 fully saturated rings. The predicted molar refractivity (Wildman–Crippen MR) is 80.8 cm³/mol. The van der Waals surface area contributed by atoms with Crippen LogP contribution in [0.2, 0.25) is 0 Å². The van der Waals surface area contributed by atoms with Crippen LogP contribution >= 0.6 is 11.3 Å². The Morgan fingerprint density at radius 2 is 2.16 bits per heavy atom. The van der Waals surface area contributed by atoms with Crippen LogP contribution in [0.1, 0.15) is 26.2 Å². The van der Waals surface area contributed by atoms with Gasteiger partial charge in [-0.2, -0.15) is 0 Å². The van der Waals surface area contributed by atoms with Crippen molar-refractivity contribution in [1.82, 2.24) is 9.88 Å². The second-order valence-corrected chi connectivity index (χ2v) is 6.87. The summed E-state index contributed by atoms with van der Waals surface area (Å²) >= 11 is 1.77. The fourth-order valence-electron chi connectivity index (χ4n) is 3.18. The maximum Gasteiger partial charge on any atom is 0.184 e. The van der Waals surface area contributed by atoms with Crippen LogP contribution < -0.4 is 5.32 Å². The summed E-state index contributed by atoms with van der Waals surface area (Å²) in [5, 5.41) is 4.72. The lowest BCUT2D eigenvalue weighted by Crippen LogP contribution is -2.30. The molecule has 2 unspecified atom stereocenters. The van der Waals surface area contributed by atoms with Crippen LogP contribution in [-0.2, 0) is 0 Å². The van der Waals surface area contributed by atoms with Crippen LogP contribution in [-0.4, -0.2) is 34.6 Å². The number of fused-ring (bicyclic) bond motifs is 1. The van der Waals surface area contributed by atoms with E-state index in [0.29, 0.717) is 6.04 Å². The number of benzene rings is 1. The molecule has 0 amide bonds. The van der Waals surface area contributed by atoms with Crippen molar-refractivity contribution in [2.24, 2.45) is 0 Å². The Balaban J connectivity index is 1.49. The molecular weight excluding hydrogens is 254 g/mol. The van der Waals surface area contributed by atoms with E-state index in [1.165, 1.54) is 30.5 Å². The first-order chi connectivity index (χ1) is 9.29. The van der Waals surface area contributed by atoms with Crippen LogP contribution in [0.4, 0.5) is 5.13 Å². The van der Waals surface area contributed by atoms with Gasteiger partial charge in [-0.3, -0.25) is 4.90 Å². The summed E-state index contributed by atoms with van der Waals surface area (Å²) in [5.41, 5.74) is 1.11. The molecule has 1 aliphatic heterocycles. The minimum atomic E-state index is 0.566. The molecule has 1 N–H and O–H groups in total. The fourth-order valence-corrected chi connectivity index (χ4v) is 4.13. The average molecular weight is 273 g/mol. The van der Waals surface area contributed by atoms with E-state index in [4.69, 9.17) is 0 Å². The molecular formula is C15H19N3S. The minimum absolute atomic E-state index is 0.566. The third-order valence-corrected chi connectivity index (χ3v) is 5.23. The first kappa shape index (κ1) is 11.7. The molecule has 3 nitrogen and oxygen atoms in total. The number of aromatic nitrogens is 1. The lowest BCUT2D eigenvalue weighted by molar-refractivity contribution is 0.257. The highest BCUT2D eigenvalue weighted by atomic mass is 32.1. The van der Waals surface area contributed by atoms with Gasteiger partial charge in [0.25, 0.3) is 0 Å². The van der Waals surface area contributed by atoms with Gasteiger partial charge in [-0.1, -0.05) is 23.5 Å². The highest BCUT2D eigenvalue weighted by molar-refractivity contribution is 7.22. The molecule has 2 atom stereocenters. The van der Waals surface area contributed by atoms with E-state index in [-0.39, 0.29) is 0 Å². The van der Waals surface area contributed by atoms with E-state index in [0.717, 1.165) is 22.7 Å². The van der Waals surface area contributed by atoms with Crippen molar-refractivity contribution < 1.29 is 0 Å². The Hall–Kier alpha value is -1.13. The zero-order chi connectivity index (χ0) is 12.8. The molecule has 0 radical (unpaired) electrons. The Kier molecular flexibility index (Phi) is 2.74. The van der Waals surface area contributed by atoms with Gasteiger partial charge in [-0.25, -0.2) is 4.98 Å². The van der Waals surface area contributed by atoms with Crippen molar-refractivity contribution in [2.75, 3.05) is 11.9 Å². The van der Waals surface area contributed by atoms with E-state index in [1.807, 2.05) is 0 Å². The molecule has 0 spiro atoms. The molecule has 1 aromatic carbocycles. The van der Waals surface area contributed by atoms with Gasteiger partial charge >= 0.3 is 0 Å². The van der Waals surface area contributed by atoms with E-state index >= 15 is 0 Å². The van der Waals surface area contributed by atoms with E-state index in [1.54, 1.807) is 11.3 Å². The zero-order valence-electron chi connectivity index (χ0n) is 11.2. The van der Waals surface area contributed by atoms with E-state index in [2.05, 4.69) is 46.4 Å². The van der Waals surface area contributed by atoms with Crippen molar-refractivity contribution in [2.45, 2.75) is 44.3 Å². The molecule has 2 heterocycles. The lowest BCUT2D eigenvalue weighted by Gasteiger charge is -2.19. The van der Waals surface area contributed by atoms with Crippen LogP contribution in [0.3, 0.4) is 0 Å². The minimum Gasteiger partial charge on any atom is -0.357 e. The Morgan fingerprint density at radius 3 is 2.95 bits per heavy atom. The molecule has 2 aromatic rings. The monoisotopic (exact) mass is 273 g/mol. The van der Waals surface area contributed by atoms with Crippen LogP contribution in [0.5, 0.6) is 0 Å². The van der Waals surface area contributed by atoms with Gasteiger partial charge in [-0.15, -0.1) is 0 Å². The second kappa shape index (κ2) is 4.46. The first-order valence-corrected chi connectivity index (χ1v) is 7.99. The fraction of sp³-hybridized carbons (Fsp3) is 0.533. The second-order valence-electron chi connectivity index (χ2n) is 5.84. The number of para-hydroxylation sites is 1. The molecule has 19 heavy (non-hydrogen) atoms. The Bertz CT molecular complexity index is 557. The smallest absolute Gasteiger partial charge is 0.184 e. The third kappa shape index (κ3) is 2.23. The van der Waals surface area contributed by atoms with Crippen LogP contribution in [0.15, 0.2) is 24.3 Å². The zero-order valence-corrected chi connectivity index (χ0v) is 12.0. The van der Waals surface area contributed by atoms with E-state index < -0.39 is 0 Å². The molecule has 4 rings (SSSR count).